The molecule has 1 saturated heterocycles. The van der Waals surface area contributed by atoms with Gasteiger partial charge in [-0.2, -0.15) is 0 Å². The van der Waals surface area contributed by atoms with Gasteiger partial charge in [0.25, 0.3) is 5.56 Å². The molecule has 0 aliphatic carbocycles. The van der Waals surface area contributed by atoms with E-state index in [1.807, 2.05) is 4.57 Å². The van der Waals surface area contributed by atoms with Gasteiger partial charge in [0, 0.05) is 35.7 Å². The van der Waals surface area contributed by atoms with Gasteiger partial charge in [0.2, 0.25) is 0 Å². The van der Waals surface area contributed by atoms with E-state index in [9.17, 15) is 9.59 Å². The quantitative estimate of drug-likeness (QED) is 0.580. The van der Waals surface area contributed by atoms with Crippen molar-refractivity contribution in [2.24, 2.45) is 14.1 Å². The van der Waals surface area contributed by atoms with Crippen LogP contribution >= 0.6 is 23.2 Å². The average Bonchev–Trinajstić information content (AvgIpc) is 3.12. The third kappa shape index (κ3) is 3.95. The molecule has 3 heterocycles. The lowest BCUT2D eigenvalue weighted by molar-refractivity contribution is 0.131. The van der Waals surface area contributed by atoms with Crippen molar-refractivity contribution in [3.05, 3.63) is 60.5 Å². The Balaban J connectivity index is 1.91. The lowest BCUT2D eigenvalue weighted by atomic mass is 10.00. The second-order valence-electron chi connectivity index (χ2n) is 8.22. The van der Waals surface area contributed by atoms with E-state index in [0.29, 0.717) is 40.3 Å². The van der Waals surface area contributed by atoms with E-state index in [-0.39, 0.29) is 5.56 Å². The number of benzene rings is 1. The topological polar surface area (TPSA) is 65.1 Å². The molecule has 31 heavy (non-hydrogen) atoms. The minimum Gasteiger partial charge on any atom is -0.316 e. The van der Waals surface area contributed by atoms with Gasteiger partial charge in [0.15, 0.2) is 11.2 Å². The highest BCUT2D eigenvalue weighted by atomic mass is 35.5. The zero-order chi connectivity index (χ0) is 22.3. The Labute approximate surface area is 190 Å². The molecule has 3 aromatic rings. The van der Waals surface area contributed by atoms with E-state index in [0.717, 1.165) is 41.8 Å². The van der Waals surface area contributed by atoms with E-state index in [4.69, 9.17) is 28.2 Å². The highest BCUT2D eigenvalue weighted by molar-refractivity contribution is 6.36. The van der Waals surface area contributed by atoms with Gasteiger partial charge in [-0.05, 0) is 37.9 Å². The molecule has 1 aromatic carbocycles. The second kappa shape index (κ2) is 8.81. The predicted molar refractivity (Wildman–Crippen MR) is 124 cm³/mol. The third-order valence-electron chi connectivity index (χ3n) is 6.37. The van der Waals surface area contributed by atoms with Crippen molar-refractivity contribution < 1.29 is 0 Å². The molecule has 0 bridgehead atoms. The van der Waals surface area contributed by atoms with Crippen molar-refractivity contribution in [1.82, 2.24) is 23.6 Å². The number of imidazole rings is 1. The molecule has 166 valence electrons. The van der Waals surface area contributed by atoms with Crippen LogP contribution < -0.4 is 11.2 Å². The third-order valence-corrected chi connectivity index (χ3v) is 7.08. The molecule has 0 N–H and O–H groups in total. The molecule has 0 unspecified atom stereocenters. The van der Waals surface area contributed by atoms with Gasteiger partial charge in [-0.3, -0.25) is 18.8 Å². The fourth-order valence-corrected chi connectivity index (χ4v) is 5.05. The molecule has 9 heteroatoms. The number of hydrogen-bond donors (Lipinski definition) is 0. The Morgan fingerprint density at radius 2 is 1.77 bits per heavy atom. The fraction of sp³-hybridized carbons (Fsp3) is 0.500. The maximum absolute atomic E-state index is 13.1. The number of halogens is 2. The summed E-state index contributed by atoms with van der Waals surface area (Å²) in [6.45, 7) is 4.11. The maximum Gasteiger partial charge on any atom is 0.332 e. The monoisotopic (exact) mass is 463 g/mol. The van der Waals surface area contributed by atoms with Crippen LogP contribution in [0, 0.1) is 0 Å². The number of aryl methyl sites for hydroxylation is 1. The number of rotatable bonds is 5. The SMILES string of the molecule is CC[C@@H]1CCCCN1Cc1nc2c(c(=O)n(C)c(=O)n2C)n1Cc1c(Cl)cccc1Cl. The Morgan fingerprint density at radius 1 is 1.06 bits per heavy atom. The van der Waals surface area contributed by atoms with E-state index < -0.39 is 5.69 Å². The summed E-state index contributed by atoms with van der Waals surface area (Å²) in [7, 11) is 3.13. The summed E-state index contributed by atoms with van der Waals surface area (Å²) in [4.78, 5) is 32.8. The average molecular weight is 464 g/mol. The standard InChI is InChI=1S/C22H27Cl2N5O2/c1-4-14-8-5-6-11-28(14)13-18-25-20-19(21(30)27(3)22(31)26(20)2)29(18)12-15-16(23)9-7-10-17(15)24/h7,9-10,14H,4-6,8,11-13H2,1-3H3/t14-/m1/s1. The molecule has 0 spiro atoms. The molecular weight excluding hydrogens is 437 g/mol. The van der Waals surface area contributed by atoms with Gasteiger partial charge in [-0.1, -0.05) is 42.6 Å². The summed E-state index contributed by atoms with van der Waals surface area (Å²) >= 11 is 12.9. The van der Waals surface area contributed by atoms with Crippen molar-refractivity contribution in [2.75, 3.05) is 6.54 Å². The molecular formula is C22H27Cl2N5O2. The highest BCUT2D eigenvalue weighted by Crippen LogP contribution is 2.28. The van der Waals surface area contributed by atoms with Crippen molar-refractivity contribution in [2.45, 2.75) is 51.7 Å². The molecule has 1 aliphatic rings. The minimum absolute atomic E-state index is 0.308. The number of piperidine rings is 1. The summed E-state index contributed by atoms with van der Waals surface area (Å²) in [6, 6.07) is 5.85. The number of hydrogen-bond acceptors (Lipinski definition) is 4. The van der Waals surface area contributed by atoms with Crippen molar-refractivity contribution >= 4 is 34.4 Å². The van der Waals surface area contributed by atoms with Crippen LogP contribution in [0.3, 0.4) is 0 Å². The smallest absolute Gasteiger partial charge is 0.316 e. The lowest BCUT2D eigenvalue weighted by Crippen LogP contribution is -2.39. The van der Waals surface area contributed by atoms with Crippen molar-refractivity contribution in [3.63, 3.8) is 0 Å². The molecule has 1 aliphatic heterocycles. The predicted octanol–water partition coefficient (Wildman–Crippen LogP) is 3.55. The Bertz CT molecular complexity index is 1220. The zero-order valence-corrected chi connectivity index (χ0v) is 19.6. The van der Waals surface area contributed by atoms with E-state index >= 15 is 0 Å². The summed E-state index contributed by atoms with van der Waals surface area (Å²) in [5.74, 6) is 0.740. The van der Waals surface area contributed by atoms with Crippen LogP contribution in [0.4, 0.5) is 0 Å². The molecule has 4 rings (SSSR count). The first-order valence-corrected chi connectivity index (χ1v) is 11.4. The van der Waals surface area contributed by atoms with Crippen LogP contribution in [0.15, 0.2) is 27.8 Å². The Kier molecular flexibility index (Phi) is 6.28. The van der Waals surface area contributed by atoms with E-state index in [2.05, 4.69) is 11.8 Å². The molecule has 2 aromatic heterocycles. The molecule has 1 fully saturated rings. The first kappa shape index (κ1) is 22.1. The summed E-state index contributed by atoms with van der Waals surface area (Å²) in [6.07, 6.45) is 4.60. The molecule has 0 radical (unpaired) electrons. The Hall–Kier alpha value is -2.09. The molecule has 0 amide bonds. The van der Waals surface area contributed by atoms with Gasteiger partial charge in [-0.25, -0.2) is 9.78 Å². The summed E-state index contributed by atoms with van der Waals surface area (Å²) in [5, 5.41) is 1.07. The van der Waals surface area contributed by atoms with Crippen LogP contribution in [0.1, 0.15) is 44.0 Å². The van der Waals surface area contributed by atoms with Gasteiger partial charge >= 0.3 is 5.69 Å². The van der Waals surface area contributed by atoms with Gasteiger partial charge in [0.1, 0.15) is 5.82 Å². The first-order valence-electron chi connectivity index (χ1n) is 10.7. The van der Waals surface area contributed by atoms with Gasteiger partial charge < -0.3 is 4.57 Å². The van der Waals surface area contributed by atoms with Crippen LogP contribution in [0.25, 0.3) is 11.2 Å². The summed E-state index contributed by atoms with van der Waals surface area (Å²) < 4.78 is 4.43. The minimum atomic E-state index is -0.395. The lowest BCUT2D eigenvalue weighted by Gasteiger charge is -2.34. The number of likely N-dealkylation sites (tertiary alicyclic amines) is 1. The second-order valence-corrected chi connectivity index (χ2v) is 9.04. The molecule has 0 saturated carbocycles. The molecule has 7 nitrogen and oxygen atoms in total. The zero-order valence-electron chi connectivity index (χ0n) is 18.1. The number of nitrogens with zero attached hydrogens (tertiary/aromatic N) is 5. The van der Waals surface area contributed by atoms with Gasteiger partial charge in [0.05, 0.1) is 13.1 Å². The van der Waals surface area contributed by atoms with E-state index in [1.54, 1.807) is 25.2 Å². The molecule has 1 atom stereocenters. The van der Waals surface area contributed by atoms with E-state index in [1.165, 1.54) is 18.0 Å². The Morgan fingerprint density at radius 3 is 2.45 bits per heavy atom. The fourth-order valence-electron chi connectivity index (χ4n) is 4.54. The first-order chi connectivity index (χ1) is 14.8. The largest absolute Gasteiger partial charge is 0.332 e. The maximum atomic E-state index is 13.1. The van der Waals surface area contributed by atoms with Crippen LogP contribution in [-0.2, 0) is 27.2 Å². The normalized spacial score (nSPS) is 17.5. The number of fused-ring (bicyclic) bond motifs is 1. The number of aromatic nitrogens is 4. The van der Waals surface area contributed by atoms with Crippen LogP contribution in [-0.4, -0.2) is 36.2 Å². The summed E-state index contributed by atoms with van der Waals surface area (Å²) in [5.41, 5.74) is 0.740. The van der Waals surface area contributed by atoms with Gasteiger partial charge in [-0.15, -0.1) is 0 Å². The van der Waals surface area contributed by atoms with Crippen molar-refractivity contribution in [1.29, 1.82) is 0 Å². The van der Waals surface area contributed by atoms with Crippen LogP contribution in [0.5, 0.6) is 0 Å². The van der Waals surface area contributed by atoms with Crippen LogP contribution in [0.2, 0.25) is 10.0 Å². The van der Waals surface area contributed by atoms with Crippen molar-refractivity contribution in [3.8, 4) is 0 Å². The highest BCUT2D eigenvalue weighted by Gasteiger charge is 2.26.